The molecule has 0 unspecified atom stereocenters. The minimum absolute atomic E-state index is 0.0235. The molecule has 0 aliphatic heterocycles. The maximum Gasteiger partial charge on any atom is 0.291 e. The molecule has 0 radical (unpaired) electrons. The van der Waals surface area contributed by atoms with Gasteiger partial charge in [-0.05, 0) is 55.8 Å². The molecule has 1 aromatic carbocycles. The maximum absolute atomic E-state index is 12.4. The summed E-state index contributed by atoms with van der Waals surface area (Å²) in [7, 11) is 0. The van der Waals surface area contributed by atoms with Crippen LogP contribution in [-0.2, 0) is 11.2 Å². The van der Waals surface area contributed by atoms with Gasteiger partial charge in [0.15, 0.2) is 5.16 Å². The molecule has 0 saturated heterocycles. The second-order valence-electron chi connectivity index (χ2n) is 5.39. The number of carbonyl (C=O) groups is 1. The molecule has 26 heavy (non-hydrogen) atoms. The van der Waals surface area contributed by atoms with Crippen molar-refractivity contribution in [1.29, 1.82) is 5.26 Å². The highest BCUT2D eigenvalue weighted by molar-refractivity contribution is 7.99. The van der Waals surface area contributed by atoms with E-state index in [1.54, 1.807) is 19.9 Å². The summed E-state index contributed by atoms with van der Waals surface area (Å²) in [6, 6.07) is 6.57. The second-order valence-corrected chi connectivity index (χ2v) is 6.75. The van der Waals surface area contributed by atoms with Crippen molar-refractivity contribution in [2.75, 3.05) is 5.32 Å². The van der Waals surface area contributed by atoms with Gasteiger partial charge in [-0.1, -0.05) is 11.6 Å². The lowest BCUT2D eigenvalue weighted by atomic mass is 10.1. The molecule has 2 rings (SSSR count). The zero-order valence-corrected chi connectivity index (χ0v) is 15.6. The number of halogens is 3. The molecule has 0 aliphatic rings. The molecule has 9 heteroatoms. The third-order valence-electron chi connectivity index (χ3n) is 3.57. The summed E-state index contributed by atoms with van der Waals surface area (Å²) in [5.74, 6) is -2.82. The minimum atomic E-state index is -2.58. The van der Waals surface area contributed by atoms with E-state index in [1.807, 2.05) is 6.07 Å². The smallest absolute Gasteiger partial charge is 0.291 e. The van der Waals surface area contributed by atoms with Crippen LogP contribution in [0.15, 0.2) is 23.4 Å². The lowest BCUT2D eigenvalue weighted by Crippen LogP contribution is -2.14. The lowest BCUT2D eigenvalue weighted by molar-refractivity contribution is -0.116. The van der Waals surface area contributed by atoms with Gasteiger partial charge in [0, 0.05) is 23.5 Å². The van der Waals surface area contributed by atoms with E-state index in [1.165, 1.54) is 12.1 Å². The van der Waals surface area contributed by atoms with E-state index in [-0.39, 0.29) is 22.5 Å². The van der Waals surface area contributed by atoms with Crippen molar-refractivity contribution in [3.63, 3.8) is 0 Å². The first-order chi connectivity index (χ1) is 12.3. The van der Waals surface area contributed by atoms with E-state index in [0.717, 1.165) is 5.56 Å². The molecule has 0 atom stereocenters. The fourth-order valence-corrected chi connectivity index (χ4v) is 3.11. The maximum atomic E-state index is 12.4. The quantitative estimate of drug-likeness (QED) is 0.574. The first-order valence-electron chi connectivity index (χ1n) is 7.58. The molecular weight excluding hydrogens is 382 g/mol. The Hall–Kier alpha value is -2.24. The number of anilines is 1. The number of carbonyl (C=O) groups excluding carboxylic acids is 1. The molecule has 0 aliphatic carbocycles. The van der Waals surface area contributed by atoms with E-state index in [9.17, 15) is 13.6 Å². The predicted molar refractivity (Wildman–Crippen MR) is 96.5 cm³/mol. The molecule has 2 aromatic rings. The van der Waals surface area contributed by atoms with Crippen molar-refractivity contribution in [3.05, 3.63) is 45.7 Å². The summed E-state index contributed by atoms with van der Waals surface area (Å²) in [5.41, 5.74) is 2.74. The van der Waals surface area contributed by atoms with Gasteiger partial charge in [-0.2, -0.15) is 14.0 Å². The van der Waals surface area contributed by atoms with Gasteiger partial charge >= 0.3 is 0 Å². The monoisotopic (exact) mass is 396 g/mol. The normalized spacial score (nSPS) is 10.7. The van der Waals surface area contributed by atoms with Gasteiger partial charge in [0.1, 0.15) is 6.07 Å². The van der Waals surface area contributed by atoms with Crippen molar-refractivity contribution in [1.82, 2.24) is 9.97 Å². The van der Waals surface area contributed by atoms with Gasteiger partial charge < -0.3 is 5.32 Å². The SMILES string of the molecule is Cc1nc(SC(F)F)nc(C)c1CCC(=O)Nc1ccc(C#N)c(Cl)c1. The Bertz CT molecular complexity index is 847. The first kappa shape index (κ1) is 20.1. The van der Waals surface area contributed by atoms with Gasteiger partial charge in [0.05, 0.1) is 10.6 Å². The number of hydrogen-bond donors (Lipinski definition) is 1. The Balaban J connectivity index is 2.01. The highest BCUT2D eigenvalue weighted by atomic mass is 35.5. The summed E-state index contributed by atoms with van der Waals surface area (Å²) in [5, 5.41) is 11.8. The Labute approximate surface area is 158 Å². The molecule has 0 bridgehead atoms. The van der Waals surface area contributed by atoms with Crippen LogP contribution in [0, 0.1) is 25.2 Å². The number of benzene rings is 1. The third kappa shape index (κ3) is 5.38. The molecule has 0 spiro atoms. The number of rotatable bonds is 6. The summed E-state index contributed by atoms with van der Waals surface area (Å²) in [6.07, 6.45) is 0.553. The average molecular weight is 397 g/mol. The Morgan fingerprint density at radius 2 is 2.00 bits per heavy atom. The number of amides is 1. The Morgan fingerprint density at radius 1 is 1.35 bits per heavy atom. The van der Waals surface area contributed by atoms with Crippen LogP contribution in [0.1, 0.15) is 28.9 Å². The summed E-state index contributed by atoms with van der Waals surface area (Å²) in [4.78, 5) is 20.2. The molecule has 0 fully saturated rings. The zero-order chi connectivity index (χ0) is 19.3. The fraction of sp³-hybridized carbons (Fsp3) is 0.294. The largest absolute Gasteiger partial charge is 0.326 e. The van der Waals surface area contributed by atoms with Crippen LogP contribution in [0.2, 0.25) is 5.02 Å². The first-order valence-corrected chi connectivity index (χ1v) is 8.84. The van der Waals surface area contributed by atoms with Crippen LogP contribution in [0.5, 0.6) is 0 Å². The zero-order valence-electron chi connectivity index (χ0n) is 14.0. The highest BCUT2D eigenvalue weighted by Crippen LogP contribution is 2.24. The van der Waals surface area contributed by atoms with Crippen molar-refractivity contribution in [2.45, 2.75) is 37.6 Å². The van der Waals surface area contributed by atoms with Crippen LogP contribution >= 0.6 is 23.4 Å². The molecule has 1 aromatic heterocycles. The number of thioether (sulfide) groups is 1. The van der Waals surface area contributed by atoms with Gasteiger partial charge in [0.25, 0.3) is 5.76 Å². The average Bonchev–Trinajstić information content (AvgIpc) is 2.53. The number of aromatic nitrogens is 2. The number of nitrogens with zero attached hydrogens (tertiary/aromatic N) is 3. The fourth-order valence-electron chi connectivity index (χ4n) is 2.35. The number of alkyl halides is 2. The van der Waals surface area contributed by atoms with Crippen molar-refractivity contribution >= 4 is 35.0 Å². The summed E-state index contributed by atoms with van der Waals surface area (Å²) < 4.78 is 24.8. The Morgan fingerprint density at radius 3 is 2.54 bits per heavy atom. The number of aryl methyl sites for hydroxylation is 2. The molecule has 136 valence electrons. The minimum Gasteiger partial charge on any atom is -0.326 e. The standard InChI is InChI=1S/C17H15ClF2N4OS/c1-9-13(10(2)23-17(22-9)26-16(19)20)5-6-15(25)24-12-4-3-11(8-21)14(18)7-12/h3-4,7,16H,5-6H2,1-2H3,(H,24,25). The molecule has 5 nitrogen and oxygen atoms in total. The lowest BCUT2D eigenvalue weighted by Gasteiger charge is -2.11. The highest BCUT2D eigenvalue weighted by Gasteiger charge is 2.14. The van der Waals surface area contributed by atoms with Gasteiger partial charge in [-0.25, -0.2) is 9.97 Å². The predicted octanol–water partition coefficient (Wildman–Crippen LogP) is 4.50. The molecular formula is C17H15ClF2N4OS. The van der Waals surface area contributed by atoms with E-state index in [4.69, 9.17) is 16.9 Å². The Kier molecular flexibility index (Phi) is 6.89. The van der Waals surface area contributed by atoms with Crippen molar-refractivity contribution in [3.8, 4) is 6.07 Å². The van der Waals surface area contributed by atoms with Crippen LogP contribution in [-0.4, -0.2) is 21.6 Å². The van der Waals surface area contributed by atoms with Crippen LogP contribution < -0.4 is 5.32 Å². The molecule has 1 N–H and O–H groups in total. The van der Waals surface area contributed by atoms with Crippen molar-refractivity contribution < 1.29 is 13.6 Å². The van der Waals surface area contributed by atoms with Gasteiger partial charge in [-0.3, -0.25) is 4.79 Å². The van der Waals surface area contributed by atoms with Crippen molar-refractivity contribution in [2.24, 2.45) is 0 Å². The molecule has 0 saturated carbocycles. The van der Waals surface area contributed by atoms with E-state index in [2.05, 4.69) is 15.3 Å². The van der Waals surface area contributed by atoms with E-state index in [0.29, 0.717) is 40.8 Å². The van der Waals surface area contributed by atoms with Crippen LogP contribution in [0.4, 0.5) is 14.5 Å². The third-order valence-corrected chi connectivity index (χ3v) is 4.45. The summed E-state index contributed by atoms with van der Waals surface area (Å²) >= 11 is 6.23. The van der Waals surface area contributed by atoms with Gasteiger partial charge in [0.2, 0.25) is 5.91 Å². The topological polar surface area (TPSA) is 78.7 Å². The van der Waals surface area contributed by atoms with Crippen LogP contribution in [0.3, 0.4) is 0 Å². The number of hydrogen-bond acceptors (Lipinski definition) is 5. The van der Waals surface area contributed by atoms with E-state index >= 15 is 0 Å². The van der Waals surface area contributed by atoms with Crippen LogP contribution in [0.25, 0.3) is 0 Å². The molecule has 1 amide bonds. The summed E-state index contributed by atoms with van der Waals surface area (Å²) in [6.45, 7) is 3.41. The number of nitrogens with one attached hydrogen (secondary N) is 1. The van der Waals surface area contributed by atoms with Gasteiger partial charge in [-0.15, -0.1) is 0 Å². The number of nitriles is 1. The molecule has 1 heterocycles. The second kappa shape index (κ2) is 8.92. The van der Waals surface area contributed by atoms with E-state index < -0.39 is 5.76 Å².